The van der Waals surface area contributed by atoms with E-state index in [1.807, 2.05) is 30.3 Å². The summed E-state index contributed by atoms with van der Waals surface area (Å²) >= 11 is 0. The lowest BCUT2D eigenvalue weighted by atomic mass is 9.86. The quantitative estimate of drug-likeness (QED) is 0.906. The number of ether oxygens (including phenoxy) is 1. The first-order valence-corrected chi connectivity index (χ1v) is 6.66. The van der Waals surface area contributed by atoms with Gasteiger partial charge in [-0.2, -0.15) is 5.26 Å². The van der Waals surface area contributed by atoms with Crippen molar-refractivity contribution in [3.63, 3.8) is 0 Å². The summed E-state index contributed by atoms with van der Waals surface area (Å²) in [7, 11) is 0. The fourth-order valence-corrected chi connectivity index (χ4v) is 2.37. The van der Waals surface area contributed by atoms with Crippen LogP contribution < -0.4 is 5.32 Å². The molecule has 0 radical (unpaired) electrons. The van der Waals surface area contributed by atoms with Crippen LogP contribution in [0, 0.1) is 17.2 Å². The highest BCUT2D eigenvalue weighted by Gasteiger charge is 2.26. The van der Waals surface area contributed by atoms with Crippen LogP contribution in [-0.4, -0.2) is 12.1 Å². The van der Waals surface area contributed by atoms with Gasteiger partial charge in [0.25, 0.3) is 0 Å². The topological polar surface area (TPSA) is 62.1 Å². The van der Waals surface area contributed by atoms with Gasteiger partial charge in [-0.1, -0.05) is 43.2 Å². The van der Waals surface area contributed by atoms with E-state index in [0.29, 0.717) is 0 Å². The van der Waals surface area contributed by atoms with E-state index in [-0.39, 0.29) is 18.6 Å². The Kier molecular flexibility index (Phi) is 4.79. The zero-order valence-electron chi connectivity index (χ0n) is 10.8. The number of amides is 1. The molecule has 2 atom stereocenters. The van der Waals surface area contributed by atoms with E-state index in [2.05, 4.69) is 11.4 Å². The third-order valence-electron chi connectivity index (χ3n) is 3.45. The van der Waals surface area contributed by atoms with Gasteiger partial charge in [-0.25, -0.2) is 4.79 Å². The highest BCUT2D eigenvalue weighted by molar-refractivity contribution is 5.67. The zero-order valence-corrected chi connectivity index (χ0v) is 10.8. The molecule has 100 valence electrons. The maximum absolute atomic E-state index is 11.7. The Labute approximate surface area is 113 Å². The SMILES string of the molecule is N#C[C@@H]1CCCC[C@H]1NC(=O)OCc1ccccc1. The van der Waals surface area contributed by atoms with E-state index in [1.54, 1.807) is 0 Å². The average Bonchev–Trinajstić information content (AvgIpc) is 2.47. The molecular weight excluding hydrogens is 240 g/mol. The summed E-state index contributed by atoms with van der Waals surface area (Å²) in [6.45, 7) is 0.261. The number of carbonyl (C=O) groups is 1. The van der Waals surface area contributed by atoms with Gasteiger partial charge in [-0.3, -0.25) is 0 Å². The van der Waals surface area contributed by atoms with E-state index >= 15 is 0 Å². The molecule has 19 heavy (non-hydrogen) atoms. The van der Waals surface area contributed by atoms with Crippen LogP contribution in [0.4, 0.5) is 4.79 Å². The Hall–Kier alpha value is -2.02. The molecule has 1 aliphatic carbocycles. The van der Waals surface area contributed by atoms with Crippen molar-refractivity contribution < 1.29 is 9.53 Å². The highest BCUT2D eigenvalue weighted by atomic mass is 16.5. The van der Waals surface area contributed by atoms with Crippen LogP contribution in [0.5, 0.6) is 0 Å². The lowest BCUT2D eigenvalue weighted by Gasteiger charge is -2.27. The minimum absolute atomic E-state index is 0.0676. The Morgan fingerprint density at radius 2 is 2.05 bits per heavy atom. The maximum atomic E-state index is 11.7. The molecule has 1 saturated carbocycles. The summed E-state index contributed by atoms with van der Waals surface area (Å²) in [4.78, 5) is 11.7. The zero-order chi connectivity index (χ0) is 13.5. The first-order valence-electron chi connectivity index (χ1n) is 6.66. The molecule has 0 saturated heterocycles. The van der Waals surface area contributed by atoms with Crippen molar-refractivity contribution in [2.45, 2.75) is 38.3 Å². The highest BCUT2D eigenvalue weighted by Crippen LogP contribution is 2.23. The predicted octanol–water partition coefficient (Wildman–Crippen LogP) is 3.00. The van der Waals surface area contributed by atoms with Gasteiger partial charge in [-0.05, 0) is 18.4 Å². The lowest BCUT2D eigenvalue weighted by molar-refractivity contribution is 0.130. The number of hydrogen-bond donors (Lipinski definition) is 1. The van der Waals surface area contributed by atoms with Gasteiger partial charge in [0.15, 0.2) is 0 Å². The Morgan fingerprint density at radius 3 is 2.79 bits per heavy atom. The molecule has 4 heteroatoms. The number of benzene rings is 1. The Morgan fingerprint density at radius 1 is 1.32 bits per heavy atom. The molecule has 1 amide bonds. The molecule has 1 aromatic carbocycles. The molecule has 2 rings (SSSR count). The average molecular weight is 258 g/mol. The number of carbonyl (C=O) groups excluding carboxylic acids is 1. The van der Waals surface area contributed by atoms with Crippen LogP contribution in [-0.2, 0) is 11.3 Å². The molecule has 0 aromatic heterocycles. The summed E-state index contributed by atoms with van der Waals surface area (Å²) < 4.78 is 5.16. The Bertz CT molecular complexity index is 453. The predicted molar refractivity (Wildman–Crippen MR) is 71.1 cm³/mol. The van der Waals surface area contributed by atoms with E-state index in [9.17, 15) is 4.79 Å². The summed E-state index contributed by atoms with van der Waals surface area (Å²) in [5, 5.41) is 11.8. The lowest BCUT2D eigenvalue weighted by Crippen LogP contribution is -2.41. The third kappa shape index (κ3) is 3.99. The van der Waals surface area contributed by atoms with Crippen molar-refractivity contribution in [2.24, 2.45) is 5.92 Å². The van der Waals surface area contributed by atoms with Crippen LogP contribution in [0.1, 0.15) is 31.2 Å². The summed E-state index contributed by atoms with van der Waals surface area (Å²) in [6, 6.07) is 11.7. The summed E-state index contributed by atoms with van der Waals surface area (Å²) in [6.07, 6.45) is 3.41. The van der Waals surface area contributed by atoms with Crippen molar-refractivity contribution in [1.29, 1.82) is 5.26 Å². The maximum Gasteiger partial charge on any atom is 0.407 e. The molecular formula is C15H18N2O2. The third-order valence-corrected chi connectivity index (χ3v) is 3.45. The molecule has 0 unspecified atom stereocenters. The summed E-state index contributed by atoms with van der Waals surface area (Å²) in [5.74, 6) is -0.0852. The van der Waals surface area contributed by atoms with Crippen molar-refractivity contribution in [2.75, 3.05) is 0 Å². The van der Waals surface area contributed by atoms with Crippen molar-refractivity contribution in [3.8, 4) is 6.07 Å². The van der Waals surface area contributed by atoms with Crippen molar-refractivity contribution >= 4 is 6.09 Å². The second-order valence-corrected chi connectivity index (χ2v) is 4.83. The van der Waals surface area contributed by atoms with E-state index in [4.69, 9.17) is 10.00 Å². The summed E-state index contributed by atoms with van der Waals surface area (Å²) in [5.41, 5.74) is 0.957. The molecule has 4 nitrogen and oxygen atoms in total. The van der Waals surface area contributed by atoms with Gasteiger partial charge in [0.2, 0.25) is 0 Å². The first-order chi connectivity index (χ1) is 9.29. The first kappa shape index (κ1) is 13.4. The van der Waals surface area contributed by atoms with Gasteiger partial charge < -0.3 is 10.1 Å². The molecule has 1 aromatic rings. The van der Waals surface area contributed by atoms with Crippen LogP contribution >= 0.6 is 0 Å². The fourth-order valence-electron chi connectivity index (χ4n) is 2.37. The van der Waals surface area contributed by atoms with Gasteiger partial charge in [0, 0.05) is 6.04 Å². The molecule has 1 aliphatic rings. The number of hydrogen-bond acceptors (Lipinski definition) is 3. The number of nitriles is 1. The molecule has 0 spiro atoms. The molecule has 0 bridgehead atoms. The number of nitrogens with one attached hydrogen (secondary N) is 1. The monoisotopic (exact) mass is 258 g/mol. The number of nitrogens with zero attached hydrogens (tertiary/aromatic N) is 1. The molecule has 1 fully saturated rings. The second kappa shape index (κ2) is 6.79. The van der Waals surface area contributed by atoms with Gasteiger partial charge >= 0.3 is 6.09 Å². The van der Waals surface area contributed by atoms with Crippen LogP contribution in [0.25, 0.3) is 0 Å². The minimum Gasteiger partial charge on any atom is -0.445 e. The standard InChI is InChI=1S/C15H18N2O2/c16-10-13-8-4-5-9-14(13)17-15(18)19-11-12-6-2-1-3-7-12/h1-3,6-7,13-14H,4-5,8-9,11H2,(H,17,18)/t13-,14+/m0/s1. The minimum atomic E-state index is -0.434. The molecule has 0 heterocycles. The van der Waals surface area contributed by atoms with E-state index in [1.165, 1.54) is 0 Å². The van der Waals surface area contributed by atoms with Crippen LogP contribution in [0.2, 0.25) is 0 Å². The van der Waals surface area contributed by atoms with E-state index in [0.717, 1.165) is 31.2 Å². The fraction of sp³-hybridized carbons (Fsp3) is 0.467. The van der Waals surface area contributed by atoms with Gasteiger partial charge in [0.05, 0.1) is 12.0 Å². The van der Waals surface area contributed by atoms with Crippen LogP contribution in [0.3, 0.4) is 0 Å². The smallest absolute Gasteiger partial charge is 0.407 e. The second-order valence-electron chi connectivity index (χ2n) is 4.83. The van der Waals surface area contributed by atoms with Gasteiger partial charge in [-0.15, -0.1) is 0 Å². The largest absolute Gasteiger partial charge is 0.445 e. The van der Waals surface area contributed by atoms with Crippen LogP contribution in [0.15, 0.2) is 30.3 Å². The Balaban J connectivity index is 1.79. The molecule has 0 aliphatic heterocycles. The van der Waals surface area contributed by atoms with Gasteiger partial charge in [0.1, 0.15) is 6.61 Å². The number of alkyl carbamates (subject to hydrolysis) is 1. The molecule has 1 N–H and O–H groups in total. The number of rotatable bonds is 3. The van der Waals surface area contributed by atoms with Crippen molar-refractivity contribution in [3.05, 3.63) is 35.9 Å². The van der Waals surface area contributed by atoms with Crippen molar-refractivity contribution in [1.82, 2.24) is 5.32 Å². The normalized spacial score (nSPS) is 22.3. The van der Waals surface area contributed by atoms with E-state index < -0.39 is 6.09 Å².